The van der Waals surface area contributed by atoms with Gasteiger partial charge in [0.1, 0.15) is 0 Å². The van der Waals surface area contributed by atoms with Crippen LogP contribution in [0.3, 0.4) is 0 Å². The van der Waals surface area contributed by atoms with Crippen molar-refractivity contribution in [3.8, 4) is 0 Å². The van der Waals surface area contributed by atoms with E-state index < -0.39 is 0 Å². The third-order valence-corrected chi connectivity index (χ3v) is 5.39. The molecule has 0 amide bonds. The van der Waals surface area contributed by atoms with Crippen LogP contribution in [0, 0.1) is 11.8 Å². The summed E-state index contributed by atoms with van der Waals surface area (Å²) in [6.45, 7) is 4.73. The summed E-state index contributed by atoms with van der Waals surface area (Å²) < 4.78 is 1.87. The number of halogens is 2. The Labute approximate surface area is 103 Å². The summed E-state index contributed by atoms with van der Waals surface area (Å²) >= 11 is 4.89. The number of hydrogen-bond acceptors (Lipinski definition) is 1. The molecule has 0 spiro atoms. The van der Waals surface area contributed by atoms with Gasteiger partial charge in [0.15, 0.2) is 0 Å². The van der Waals surface area contributed by atoms with Gasteiger partial charge < -0.3 is 5.11 Å². The van der Waals surface area contributed by atoms with Crippen molar-refractivity contribution in [2.45, 2.75) is 30.6 Å². The molecule has 0 aliphatic heterocycles. The van der Waals surface area contributed by atoms with E-state index in [9.17, 15) is 0 Å². The number of hydrogen-bond donors (Lipinski definition) is 1. The molecule has 0 fully saturated rings. The lowest BCUT2D eigenvalue weighted by Crippen LogP contribution is -2.22. The normalized spacial score (nSPS) is 18.8. The van der Waals surface area contributed by atoms with E-state index in [4.69, 9.17) is 5.11 Å². The molecule has 0 bridgehead atoms. The zero-order chi connectivity index (χ0) is 9.56. The molecule has 0 saturated heterocycles. The second-order valence-corrected chi connectivity index (χ2v) is 5.93. The highest BCUT2D eigenvalue weighted by Gasteiger charge is 2.19. The van der Waals surface area contributed by atoms with Crippen LogP contribution in [0.5, 0.6) is 0 Å². The zero-order valence-corrected chi connectivity index (χ0v) is 12.1. The predicted molar refractivity (Wildman–Crippen MR) is 71.3 cm³/mol. The summed E-state index contributed by atoms with van der Waals surface area (Å²) in [7, 11) is 0. The van der Waals surface area contributed by atoms with Crippen molar-refractivity contribution < 1.29 is 5.11 Å². The fraction of sp³-hybridized carbons (Fsp3) is 1.00. The number of aliphatic hydroxyl groups is 1. The first-order chi connectivity index (χ1) is 5.63. The van der Waals surface area contributed by atoms with Crippen LogP contribution in [-0.2, 0) is 0 Å². The standard InChI is InChI=1S/C9H18I2O/c1-7(4-3-5-10)9(11)8(2)6-12/h7-9,12H,3-6H2,1-2H3. The van der Waals surface area contributed by atoms with Crippen LogP contribution in [-0.4, -0.2) is 20.1 Å². The molecule has 0 rings (SSSR count). The minimum Gasteiger partial charge on any atom is -0.396 e. The van der Waals surface area contributed by atoms with Crippen LogP contribution >= 0.6 is 45.2 Å². The molecule has 12 heavy (non-hydrogen) atoms. The summed E-state index contributed by atoms with van der Waals surface area (Å²) in [5.74, 6) is 1.18. The highest BCUT2D eigenvalue weighted by molar-refractivity contribution is 14.1. The fourth-order valence-corrected chi connectivity index (χ4v) is 2.25. The summed E-state index contributed by atoms with van der Waals surface area (Å²) in [5, 5.41) is 8.97. The van der Waals surface area contributed by atoms with Crippen molar-refractivity contribution in [2.24, 2.45) is 11.8 Å². The largest absolute Gasteiger partial charge is 0.396 e. The minimum absolute atomic E-state index is 0.322. The van der Waals surface area contributed by atoms with Crippen molar-refractivity contribution in [1.82, 2.24) is 0 Å². The highest BCUT2D eigenvalue weighted by Crippen LogP contribution is 2.25. The Morgan fingerprint density at radius 3 is 2.25 bits per heavy atom. The van der Waals surface area contributed by atoms with Crippen molar-refractivity contribution in [3.63, 3.8) is 0 Å². The van der Waals surface area contributed by atoms with Gasteiger partial charge in [0.05, 0.1) is 0 Å². The molecule has 0 radical (unpaired) electrons. The smallest absolute Gasteiger partial charge is 0.0466 e. The quantitative estimate of drug-likeness (QED) is 0.540. The molecule has 3 atom stereocenters. The molecular weight excluding hydrogens is 378 g/mol. The topological polar surface area (TPSA) is 20.2 Å². The van der Waals surface area contributed by atoms with E-state index in [1.54, 1.807) is 0 Å². The Bertz CT molecular complexity index is 109. The fourth-order valence-electron chi connectivity index (χ4n) is 1.22. The molecule has 0 saturated carbocycles. The lowest BCUT2D eigenvalue weighted by atomic mass is 9.94. The molecule has 0 aromatic heterocycles. The van der Waals surface area contributed by atoms with Gasteiger partial charge >= 0.3 is 0 Å². The Morgan fingerprint density at radius 1 is 1.25 bits per heavy atom. The van der Waals surface area contributed by atoms with Gasteiger partial charge in [-0.2, -0.15) is 0 Å². The van der Waals surface area contributed by atoms with E-state index in [-0.39, 0.29) is 0 Å². The molecule has 0 aliphatic rings. The minimum atomic E-state index is 0.322. The lowest BCUT2D eigenvalue weighted by Gasteiger charge is -2.22. The van der Waals surface area contributed by atoms with E-state index >= 15 is 0 Å². The number of aliphatic hydroxyl groups excluding tert-OH is 1. The summed E-state index contributed by atoms with van der Waals surface area (Å²) in [5.41, 5.74) is 0. The van der Waals surface area contributed by atoms with Crippen molar-refractivity contribution in [2.75, 3.05) is 11.0 Å². The average Bonchev–Trinajstić information content (AvgIpc) is 2.11. The summed E-state index contributed by atoms with van der Waals surface area (Å²) in [6, 6.07) is 0. The van der Waals surface area contributed by atoms with E-state index in [0.717, 1.165) is 5.92 Å². The van der Waals surface area contributed by atoms with Gasteiger partial charge in [-0.05, 0) is 29.1 Å². The van der Waals surface area contributed by atoms with Crippen LogP contribution in [0.4, 0.5) is 0 Å². The van der Waals surface area contributed by atoms with Gasteiger partial charge in [0.2, 0.25) is 0 Å². The molecular formula is C9H18I2O. The number of alkyl halides is 2. The first-order valence-electron chi connectivity index (χ1n) is 4.44. The first-order valence-corrected chi connectivity index (χ1v) is 7.21. The van der Waals surface area contributed by atoms with E-state index in [0.29, 0.717) is 16.4 Å². The van der Waals surface area contributed by atoms with Crippen molar-refractivity contribution >= 4 is 45.2 Å². The van der Waals surface area contributed by atoms with Crippen LogP contribution in [0.2, 0.25) is 0 Å². The molecule has 0 aromatic rings. The molecule has 1 N–H and O–H groups in total. The van der Waals surface area contributed by atoms with Crippen LogP contribution in [0.1, 0.15) is 26.7 Å². The summed E-state index contributed by atoms with van der Waals surface area (Å²) in [6.07, 6.45) is 2.60. The predicted octanol–water partition coefficient (Wildman–Crippen LogP) is 3.27. The lowest BCUT2D eigenvalue weighted by molar-refractivity contribution is 0.222. The average molecular weight is 396 g/mol. The van der Waals surface area contributed by atoms with Crippen molar-refractivity contribution in [1.29, 1.82) is 0 Å². The molecule has 3 heteroatoms. The molecule has 74 valence electrons. The zero-order valence-electron chi connectivity index (χ0n) is 7.76. The molecule has 0 aromatic carbocycles. The maximum absolute atomic E-state index is 8.97. The van der Waals surface area contributed by atoms with Gasteiger partial charge in [-0.15, -0.1) is 0 Å². The van der Waals surface area contributed by atoms with Gasteiger partial charge in [-0.1, -0.05) is 59.0 Å². The second kappa shape index (κ2) is 7.79. The Balaban J connectivity index is 3.67. The maximum atomic E-state index is 8.97. The SMILES string of the molecule is CC(CO)C(I)C(C)CCCI. The third kappa shape index (κ3) is 5.21. The van der Waals surface area contributed by atoms with Crippen molar-refractivity contribution in [3.05, 3.63) is 0 Å². The number of rotatable bonds is 6. The van der Waals surface area contributed by atoms with Crippen LogP contribution < -0.4 is 0 Å². The molecule has 1 nitrogen and oxygen atoms in total. The molecule has 3 unspecified atom stereocenters. The highest BCUT2D eigenvalue weighted by atomic mass is 127. The molecule has 0 heterocycles. The van der Waals surface area contributed by atoms with Gasteiger partial charge in [0, 0.05) is 10.5 Å². The maximum Gasteiger partial charge on any atom is 0.0466 e. The van der Waals surface area contributed by atoms with E-state index in [1.807, 2.05) is 0 Å². The Hall–Kier alpha value is 1.42. The second-order valence-electron chi connectivity index (χ2n) is 3.41. The third-order valence-electron chi connectivity index (χ3n) is 2.17. The first kappa shape index (κ1) is 13.4. The van der Waals surface area contributed by atoms with Crippen LogP contribution in [0.25, 0.3) is 0 Å². The summed E-state index contributed by atoms with van der Waals surface area (Å²) in [4.78, 5) is 0. The van der Waals surface area contributed by atoms with Crippen LogP contribution in [0.15, 0.2) is 0 Å². The monoisotopic (exact) mass is 396 g/mol. The van der Waals surface area contributed by atoms with E-state index in [2.05, 4.69) is 59.0 Å². The van der Waals surface area contributed by atoms with Gasteiger partial charge in [-0.25, -0.2) is 0 Å². The van der Waals surface area contributed by atoms with Gasteiger partial charge in [-0.3, -0.25) is 0 Å². The van der Waals surface area contributed by atoms with Gasteiger partial charge in [0.25, 0.3) is 0 Å². The Morgan fingerprint density at radius 2 is 1.83 bits per heavy atom. The van der Waals surface area contributed by atoms with E-state index in [1.165, 1.54) is 17.3 Å². The Kier molecular flexibility index (Phi) is 8.71. The molecule has 0 aliphatic carbocycles.